The van der Waals surface area contributed by atoms with E-state index in [1.165, 1.54) is 29.0 Å². The number of rotatable bonds is 6. The maximum Gasteiger partial charge on any atom is 0.0527 e. The molecule has 0 aromatic rings. The van der Waals surface area contributed by atoms with E-state index in [1.807, 2.05) is 0 Å². The first-order valence-electron chi connectivity index (χ1n) is 4.80. The number of hydrogen-bond acceptors (Lipinski definition) is 0. The summed E-state index contributed by atoms with van der Waals surface area (Å²) >= 11 is 2.50. The van der Waals surface area contributed by atoms with Crippen molar-refractivity contribution in [3.63, 3.8) is 0 Å². The summed E-state index contributed by atoms with van der Waals surface area (Å²) in [7, 11) is -0.743. The summed E-state index contributed by atoms with van der Waals surface area (Å²) in [6.45, 7) is 7.19. The third-order valence-corrected chi connectivity index (χ3v) is 9.77. The van der Waals surface area contributed by atoms with Crippen LogP contribution in [0.3, 0.4) is 0 Å². The van der Waals surface area contributed by atoms with Crippen molar-refractivity contribution in [3.05, 3.63) is 0 Å². The Balaban J connectivity index is 3.84. The van der Waals surface area contributed by atoms with Crippen LogP contribution in [0.5, 0.6) is 0 Å². The molecule has 0 aliphatic carbocycles. The number of halogens is 1. The van der Waals surface area contributed by atoms with Gasteiger partial charge in [0.15, 0.2) is 0 Å². The van der Waals surface area contributed by atoms with Gasteiger partial charge in [-0.2, -0.15) is 0 Å². The van der Waals surface area contributed by atoms with Crippen LogP contribution >= 0.6 is 22.6 Å². The summed E-state index contributed by atoms with van der Waals surface area (Å²) in [5, 5.41) is 0. The third-order valence-electron chi connectivity index (χ3n) is 3.09. The quantitative estimate of drug-likeness (QED) is 0.387. The van der Waals surface area contributed by atoms with E-state index in [9.17, 15) is 0 Å². The molecule has 0 rings (SSSR count). The lowest BCUT2D eigenvalue weighted by Gasteiger charge is -2.27. The molecule has 2 heteroatoms. The zero-order valence-electron chi connectivity index (χ0n) is 8.12. The summed E-state index contributed by atoms with van der Waals surface area (Å²) in [5.74, 6) is 0. The second-order valence-electron chi connectivity index (χ2n) is 3.35. The minimum atomic E-state index is -0.743. The fraction of sp³-hybridized carbons (Fsp3) is 1.00. The largest absolute Gasteiger partial charge is 0.0864 e. The van der Waals surface area contributed by atoms with Gasteiger partial charge in [-0.1, -0.05) is 67.5 Å². The minimum Gasteiger partial charge on any atom is -0.0864 e. The number of alkyl halides is 1. The Bertz CT molecular complexity index is 81.3. The van der Waals surface area contributed by atoms with Gasteiger partial charge in [0, 0.05) is 0 Å². The molecule has 0 bridgehead atoms. The zero-order valence-corrected chi connectivity index (χ0v) is 11.3. The van der Waals surface area contributed by atoms with Gasteiger partial charge >= 0.3 is 0 Å². The average Bonchev–Trinajstić information content (AvgIpc) is 2.08. The average molecular weight is 284 g/mol. The minimum absolute atomic E-state index is 0.743. The van der Waals surface area contributed by atoms with Crippen LogP contribution in [-0.2, 0) is 0 Å². The Morgan fingerprint density at radius 2 is 1.45 bits per heavy atom. The van der Waals surface area contributed by atoms with E-state index in [0.29, 0.717) is 0 Å². The van der Waals surface area contributed by atoms with Crippen LogP contribution in [0, 0.1) is 0 Å². The van der Waals surface area contributed by atoms with Gasteiger partial charge in [-0.25, -0.2) is 0 Å². The molecule has 0 saturated carbocycles. The highest BCUT2D eigenvalue weighted by Gasteiger charge is 2.25. The second-order valence-corrected chi connectivity index (χ2v) is 10.1. The molecule has 0 aromatic carbocycles. The molecule has 0 amide bonds. The van der Waals surface area contributed by atoms with Gasteiger partial charge in [-0.3, -0.25) is 0 Å². The molecule has 0 fully saturated rings. The molecule has 0 saturated heterocycles. The molecule has 0 spiro atoms. The van der Waals surface area contributed by atoms with Crippen LogP contribution in [0.4, 0.5) is 0 Å². The van der Waals surface area contributed by atoms with Gasteiger partial charge in [0.05, 0.1) is 8.07 Å². The fourth-order valence-electron chi connectivity index (χ4n) is 1.72. The summed E-state index contributed by atoms with van der Waals surface area (Å²) in [4.78, 5) is 0. The highest BCUT2D eigenvalue weighted by Crippen LogP contribution is 2.26. The molecule has 0 aromatic heterocycles. The van der Waals surface area contributed by atoms with Crippen LogP contribution in [0.2, 0.25) is 24.2 Å². The van der Waals surface area contributed by atoms with E-state index in [4.69, 9.17) is 0 Å². The molecule has 0 radical (unpaired) electrons. The van der Waals surface area contributed by atoms with E-state index in [0.717, 1.165) is 0 Å². The van der Waals surface area contributed by atoms with Crippen LogP contribution in [0.15, 0.2) is 0 Å². The van der Waals surface area contributed by atoms with Crippen LogP contribution < -0.4 is 0 Å². The van der Waals surface area contributed by atoms with E-state index in [1.54, 1.807) is 6.04 Å². The van der Waals surface area contributed by atoms with Crippen molar-refractivity contribution in [3.8, 4) is 0 Å². The molecule has 0 unspecified atom stereocenters. The fourth-order valence-corrected chi connectivity index (χ4v) is 6.31. The predicted molar refractivity (Wildman–Crippen MR) is 65.5 cm³/mol. The van der Waals surface area contributed by atoms with Crippen LogP contribution in [-0.4, -0.2) is 12.5 Å². The first-order chi connectivity index (χ1) is 5.24. The molecule has 0 atom stereocenters. The summed E-state index contributed by atoms with van der Waals surface area (Å²) in [6.07, 6.45) is 1.46. The lowest BCUT2D eigenvalue weighted by atomic mass is 10.6. The molecule has 0 heterocycles. The van der Waals surface area contributed by atoms with Crippen molar-refractivity contribution in [1.29, 1.82) is 0 Å². The first-order valence-corrected chi connectivity index (χ1v) is 9.16. The summed E-state index contributed by atoms with van der Waals surface area (Å²) in [5.41, 5.74) is 0. The van der Waals surface area contributed by atoms with Crippen molar-refractivity contribution in [2.24, 2.45) is 0 Å². The molecule has 11 heavy (non-hydrogen) atoms. The van der Waals surface area contributed by atoms with E-state index in [2.05, 4.69) is 43.4 Å². The molecule has 0 N–H and O–H groups in total. The molecular weight excluding hydrogens is 263 g/mol. The van der Waals surface area contributed by atoms with Crippen molar-refractivity contribution >= 4 is 30.7 Å². The lowest BCUT2D eigenvalue weighted by Crippen LogP contribution is -2.30. The molecule has 0 aliphatic rings. The smallest absolute Gasteiger partial charge is 0.0527 e. The summed E-state index contributed by atoms with van der Waals surface area (Å²) in [6, 6.07) is 6.06. The Morgan fingerprint density at radius 3 is 1.73 bits per heavy atom. The van der Waals surface area contributed by atoms with Gasteiger partial charge in [-0.15, -0.1) is 0 Å². The number of hydrogen-bond donors (Lipinski definition) is 0. The van der Waals surface area contributed by atoms with Crippen molar-refractivity contribution in [2.45, 2.75) is 51.4 Å². The van der Waals surface area contributed by atoms with Crippen LogP contribution in [0.25, 0.3) is 0 Å². The van der Waals surface area contributed by atoms with Gasteiger partial charge in [0.1, 0.15) is 0 Å². The molecule has 0 aliphatic heterocycles. The van der Waals surface area contributed by atoms with Gasteiger partial charge in [-0.05, 0) is 10.8 Å². The third kappa shape index (κ3) is 3.92. The van der Waals surface area contributed by atoms with Crippen molar-refractivity contribution in [2.75, 3.05) is 4.43 Å². The molecular formula is C9H21ISi. The van der Waals surface area contributed by atoms with Crippen LogP contribution in [0.1, 0.15) is 27.2 Å². The maximum atomic E-state index is 2.50. The SMILES string of the molecule is CC[Si](CC)(CC)CCCI. The van der Waals surface area contributed by atoms with Gasteiger partial charge < -0.3 is 0 Å². The standard InChI is InChI=1S/C9H21ISi/c1-4-11(5-2,6-3)9-7-8-10/h4-9H2,1-3H3. The van der Waals surface area contributed by atoms with Crippen molar-refractivity contribution < 1.29 is 0 Å². The summed E-state index contributed by atoms with van der Waals surface area (Å²) < 4.78 is 1.35. The Kier molecular flexibility index (Phi) is 7.02. The van der Waals surface area contributed by atoms with Gasteiger partial charge in [0.2, 0.25) is 0 Å². The Hall–Kier alpha value is 0.947. The Labute approximate surface area is 86.3 Å². The van der Waals surface area contributed by atoms with E-state index < -0.39 is 8.07 Å². The predicted octanol–water partition coefficient (Wildman–Crippen LogP) is 4.32. The zero-order chi connectivity index (χ0) is 8.74. The second kappa shape index (κ2) is 6.46. The molecule has 0 nitrogen and oxygen atoms in total. The van der Waals surface area contributed by atoms with E-state index in [-0.39, 0.29) is 0 Å². The van der Waals surface area contributed by atoms with Gasteiger partial charge in [0.25, 0.3) is 0 Å². The lowest BCUT2D eigenvalue weighted by molar-refractivity contribution is 1.01. The monoisotopic (exact) mass is 284 g/mol. The maximum absolute atomic E-state index is 2.50. The first kappa shape index (κ1) is 11.9. The topological polar surface area (TPSA) is 0 Å². The molecule has 68 valence electrons. The Morgan fingerprint density at radius 1 is 1.00 bits per heavy atom. The highest BCUT2D eigenvalue weighted by molar-refractivity contribution is 14.1. The van der Waals surface area contributed by atoms with Crippen molar-refractivity contribution in [1.82, 2.24) is 0 Å². The normalized spacial score (nSPS) is 12.0. The highest BCUT2D eigenvalue weighted by atomic mass is 127. The van der Waals surface area contributed by atoms with E-state index >= 15 is 0 Å².